The van der Waals surface area contributed by atoms with E-state index in [1.165, 1.54) is 18.2 Å². The second-order valence-corrected chi connectivity index (χ2v) is 5.19. The summed E-state index contributed by atoms with van der Waals surface area (Å²) in [5.74, 6) is -1.24. The molecule has 0 saturated heterocycles. The minimum atomic E-state index is -0.664. The second-order valence-electron chi connectivity index (χ2n) is 4.76. The lowest BCUT2D eigenvalue weighted by Crippen LogP contribution is -2.07. The zero-order chi connectivity index (χ0) is 16.2. The number of hydrogen-bond donors (Lipinski definition) is 0. The highest BCUT2D eigenvalue weighted by Crippen LogP contribution is 2.21. The molecule has 0 N–H and O–H groups in total. The van der Waals surface area contributed by atoms with Crippen LogP contribution in [0.5, 0.6) is 0 Å². The molecule has 3 nitrogen and oxygen atoms in total. The van der Waals surface area contributed by atoms with Crippen molar-refractivity contribution in [3.8, 4) is 0 Å². The van der Waals surface area contributed by atoms with E-state index in [2.05, 4.69) is 4.99 Å². The Morgan fingerprint density at radius 2 is 1.78 bits per heavy atom. The number of allylic oxidation sites excluding steroid dienone is 2. The number of nitrogens with zero attached hydrogens (tertiary/aromatic N) is 1. The van der Waals surface area contributed by atoms with Gasteiger partial charge < -0.3 is 4.74 Å². The molecule has 1 heterocycles. The van der Waals surface area contributed by atoms with Gasteiger partial charge in [-0.05, 0) is 29.8 Å². The molecule has 0 atom stereocenters. The van der Waals surface area contributed by atoms with Gasteiger partial charge in [0.15, 0.2) is 5.70 Å². The summed E-state index contributed by atoms with van der Waals surface area (Å²) in [5.41, 5.74) is 1.05. The van der Waals surface area contributed by atoms with Gasteiger partial charge in [-0.1, -0.05) is 54.1 Å². The standard InChI is InChI=1S/C18H11ClFNO2/c19-13(10-12-6-2-1-3-7-12)11-16-18(22)23-17(21-16)14-8-4-5-9-15(14)20/h1-11H/b13-10-,16-11-. The van der Waals surface area contributed by atoms with E-state index in [1.807, 2.05) is 30.3 Å². The van der Waals surface area contributed by atoms with E-state index in [1.54, 1.807) is 18.2 Å². The fourth-order valence-corrected chi connectivity index (χ4v) is 2.27. The quantitative estimate of drug-likeness (QED) is 0.623. The predicted molar refractivity (Wildman–Crippen MR) is 87.4 cm³/mol. The van der Waals surface area contributed by atoms with Gasteiger partial charge in [0.25, 0.3) is 0 Å². The highest BCUT2D eigenvalue weighted by Gasteiger charge is 2.25. The van der Waals surface area contributed by atoms with Gasteiger partial charge in [-0.3, -0.25) is 0 Å². The number of ether oxygens (including phenoxy) is 1. The van der Waals surface area contributed by atoms with Crippen LogP contribution < -0.4 is 0 Å². The van der Waals surface area contributed by atoms with Gasteiger partial charge in [0.2, 0.25) is 5.90 Å². The Balaban J connectivity index is 1.89. The highest BCUT2D eigenvalue weighted by atomic mass is 35.5. The number of aliphatic imine (C=N–C) groups is 1. The highest BCUT2D eigenvalue weighted by molar-refractivity contribution is 6.33. The number of carbonyl (C=O) groups excluding carboxylic acids is 1. The van der Waals surface area contributed by atoms with Crippen molar-refractivity contribution in [3.63, 3.8) is 0 Å². The first kappa shape index (κ1) is 15.2. The average Bonchev–Trinajstić information content (AvgIpc) is 2.89. The van der Waals surface area contributed by atoms with Crippen LogP contribution in [0.1, 0.15) is 11.1 Å². The Labute approximate surface area is 137 Å². The summed E-state index contributed by atoms with van der Waals surface area (Å²) in [7, 11) is 0. The molecule has 0 saturated carbocycles. The van der Waals surface area contributed by atoms with Crippen molar-refractivity contribution >= 4 is 29.5 Å². The third-order valence-corrected chi connectivity index (χ3v) is 3.32. The summed E-state index contributed by atoms with van der Waals surface area (Å²) in [6.07, 6.45) is 3.09. The number of hydrogen-bond acceptors (Lipinski definition) is 3. The summed E-state index contributed by atoms with van der Waals surface area (Å²) in [4.78, 5) is 15.9. The molecule has 1 aliphatic heterocycles. The van der Waals surface area contributed by atoms with Crippen molar-refractivity contribution in [3.05, 3.63) is 88.3 Å². The molecule has 0 fully saturated rings. The number of esters is 1. The van der Waals surface area contributed by atoms with Crippen LogP contribution in [-0.2, 0) is 9.53 Å². The van der Waals surface area contributed by atoms with E-state index in [0.29, 0.717) is 5.03 Å². The Morgan fingerprint density at radius 3 is 2.52 bits per heavy atom. The van der Waals surface area contributed by atoms with E-state index in [0.717, 1.165) is 5.56 Å². The van der Waals surface area contributed by atoms with Gasteiger partial charge in [0.1, 0.15) is 5.82 Å². The molecule has 5 heteroatoms. The van der Waals surface area contributed by atoms with E-state index < -0.39 is 11.8 Å². The van der Waals surface area contributed by atoms with Crippen molar-refractivity contribution in [2.75, 3.05) is 0 Å². The van der Waals surface area contributed by atoms with Crippen molar-refractivity contribution in [1.82, 2.24) is 0 Å². The SMILES string of the molecule is O=C1OC(c2ccccc2F)=N/C1=C\C(Cl)=C\c1ccccc1. The van der Waals surface area contributed by atoms with Crippen LogP contribution in [-0.4, -0.2) is 11.9 Å². The first-order valence-corrected chi connectivity index (χ1v) is 7.21. The molecule has 0 spiro atoms. The van der Waals surface area contributed by atoms with Crippen molar-refractivity contribution in [1.29, 1.82) is 0 Å². The molecule has 2 aromatic carbocycles. The summed E-state index contributed by atoms with van der Waals surface area (Å²) in [5, 5.41) is 0.321. The second kappa shape index (κ2) is 6.58. The molecule has 0 bridgehead atoms. The van der Waals surface area contributed by atoms with Crippen molar-refractivity contribution in [2.45, 2.75) is 0 Å². The average molecular weight is 328 g/mol. The maximum atomic E-state index is 13.7. The molecule has 0 aromatic heterocycles. The smallest absolute Gasteiger partial charge is 0.363 e. The first-order chi connectivity index (χ1) is 11.1. The van der Waals surface area contributed by atoms with Crippen LogP contribution in [0.2, 0.25) is 0 Å². The molecule has 23 heavy (non-hydrogen) atoms. The Bertz CT molecular complexity index is 841. The number of carbonyl (C=O) groups is 1. The van der Waals surface area contributed by atoms with Gasteiger partial charge in [0, 0.05) is 5.03 Å². The van der Waals surface area contributed by atoms with E-state index in [-0.39, 0.29) is 17.2 Å². The summed E-state index contributed by atoms with van der Waals surface area (Å²) in [6.45, 7) is 0. The lowest BCUT2D eigenvalue weighted by Gasteiger charge is -1.99. The topological polar surface area (TPSA) is 38.7 Å². The van der Waals surface area contributed by atoms with Crippen LogP contribution in [0.15, 0.2) is 76.4 Å². The minimum absolute atomic E-state index is 0.0282. The molecule has 1 aliphatic rings. The molecule has 0 unspecified atom stereocenters. The molecule has 3 rings (SSSR count). The molecular formula is C18H11ClFNO2. The lowest BCUT2D eigenvalue weighted by atomic mass is 10.2. The van der Waals surface area contributed by atoms with E-state index in [4.69, 9.17) is 16.3 Å². The van der Waals surface area contributed by atoms with Crippen LogP contribution >= 0.6 is 11.6 Å². The fraction of sp³-hybridized carbons (Fsp3) is 0. The predicted octanol–water partition coefficient (Wildman–Crippen LogP) is 4.29. The Morgan fingerprint density at radius 1 is 1.09 bits per heavy atom. The largest absolute Gasteiger partial charge is 0.402 e. The summed E-state index contributed by atoms with van der Waals surface area (Å²) < 4.78 is 18.7. The molecular weight excluding hydrogens is 317 g/mol. The van der Waals surface area contributed by atoms with Crippen molar-refractivity contribution < 1.29 is 13.9 Å². The van der Waals surface area contributed by atoms with E-state index in [9.17, 15) is 9.18 Å². The van der Waals surface area contributed by atoms with Gasteiger partial charge in [0.05, 0.1) is 5.56 Å². The van der Waals surface area contributed by atoms with Crippen LogP contribution in [0.25, 0.3) is 6.08 Å². The van der Waals surface area contributed by atoms with Gasteiger partial charge >= 0.3 is 5.97 Å². The molecule has 0 aliphatic carbocycles. The maximum Gasteiger partial charge on any atom is 0.363 e. The molecule has 0 radical (unpaired) electrons. The van der Waals surface area contributed by atoms with Gasteiger partial charge in [-0.2, -0.15) is 0 Å². The normalized spacial score (nSPS) is 16.4. The van der Waals surface area contributed by atoms with Crippen LogP contribution in [0.4, 0.5) is 4.39 Å². The summed E-state index contributed by atoms with van der Waals surface area (Å²) in [6, 6.07) is 15.3. The molecule has 114 valence electrons. The van der Waals surface area contributed by atoms with Crippen LogP contribution in [0.3, 0.4) is 0 Å². The van der Waals surface area contributed by atoms with Crippen molar-refractivity contribution in [2.24, 2.45) is 4.99 Å². The maximum absolute atomic E-state index is 13.7. The number of cyclic esters (lactones) is 1. The number of rotatable bonds is 3. The minimum Gasteiger partial charge on any atom is -0.402 e. The molecule has 2 aromatic rings. The fourth-order valence-electron chi connectivity index (χ4n) is 2.04. The third-order valence-electron chi connectivity index (χ3n) is 3.10. The summed E-state index contributed by atoms with van der Waals surface area (Å²) >= 11 is 6.12. The monoisotopic (exact) mass is 327 g/mol. The number of benzene rings is 2. The van der Waals surface area contributed by atoms with E-state index >= 15 is 0 Å². The first-order valence-electron chi connectivity index (χ1n) is 6.83. The Kier molecular flexibility index (Phi) is 4.35. The van der Waals surface area contributed by atoms with Gasteiger partial charge in [-0.25, -0.2) is 14.2 Å². The lowest BCUT2D eigenvalue weighted by molar-refractivity contribution is -0.130. The van der Waals surface area contributed by atoms with Crippen LogP contribution in [0, 0.1) is 5.82 Å². The van der Waals surface area contributed by atoms with Gasteiger partial charge in [-0.15, -0.1) is 0 Å². The number of halogens is 2. The molecule has 0 amide bonds. The zero-order valence-electron chi connectivity index (χ0n) is 11.9. The zero-order valence-corrected chi connectivity index (χ0v) is 12.6. The third kappa shape index (κ3) is 3.55. The Hall–Kier alpha value is -2.72.